The first kappa shape index (κ1) is 16.2. The second-order valence-electron chi connectivity index (χ2n) is 4.89. The molecule has 1 saturated heterocycles. The molecule has 0 aliphatic carbocycles. The predicted octanol–water partition coefficient (Wildman–Crippen LogP) is -0.0912. The quantitative estimate of drug-likeness (QED) is 0.375. The van der Waals surface area contributed by atoms with Crippen LogP contribution in [-0.4, -0.2) is 64.0 Å². The molecule has 0 bridgehead atoms. The van der Waals surface area contributed by atoms with Crippen LogP contribution in [-0.2, 0) is 0 Å². The molecular formula is C10H16N6O3PS2+. The van der Waals surface area contributed by atoms with E-state index in [0.717, 1.165) is 0 Å². The predicted molar refractivity (Wildman–Crippen MR) is 89.2 cm³/mol. The second kappa shape index (κ2) is 6.08. The Morgan fingerprint density at radius 2 is 2.14 bits per heavy atom. The summed E-state index contributed by atoms with van der Waals surface area (Å²) in [7, 11) is -3.44. The van der Waals surface area contributed by atoms with Gasteiger partial charge in [-0.15, -0.1) is 16.4 Å². The number of thiol groups is 1. The third-order valence-electron chi connectivity index (χ3n) is 3.41. The highest BCUT2D eigenvalue weighted by molar-refractivity contribution is 8.47. The number of nitrogen functional groups attached to an aromatic ring is 1. The van der Waals surface area contributed by atoms with Crippen LogP contribution in [0.5, 0.6) is 0 Å². The van der Waals surface area contributed by atoms with Crippen LogP contribution in [0.15, 0.2) is 12.7 Å². The van der Waals surface area contributed by atoms with Crippen molar-refractivity contribution in [1.29, 1.82) is 0 Å². The number of aliphatic hydroxyl groups is 1. The van der Waals surface area contributed by atoms with Crippen LogP contribution in [0.1, 0.15) is 5.37 Å². The van der Waals surface area contributed by atoms with Crippen LogP contribution in [0.3, 0.4) is 0 Å². The topological polar surface area (TPSA) is 134 Å². The molecule has 0 spiro atoms. The van der Waals surface area contributed by atoms with Crippen LogP contribution >= 0.6 is 31.1 Å². The number of nitrogens with two attached hydrogens (primary N) is 1. The average Bonchev–Trinajstić information content (AvgIpc) is 2.91. The highest BCUT2D eigenvalue weighted by Crippen LogP contribution is 2.60. The number of imidazole rings is 1. The molecule has 2 aromatic rings. The first-order valence-corrected chi connectivity index (χ1v) is 10.2. The maximum Gasteiger partial charge on any atom is 0.407 e. The van der Waals surface area contributed by atoms with Gasteiger partial charge in [0.05, 0.1) is 43.6 Å². The Bertz CT molecular complexity index is 680. The van der Waals surface area contributed by atoms with Gasteiger partial charge in [-0.2, -0.15) is 9.79 Å². The molecule has 12 heteroatoms. The smallest absolute Gasteiger partial charge is 0.395 e. The van der Waals surface area contributed by atoms with Crippen molar-refractivity contribution in [3.63, 3.8) is 0 Å². The van der Waals surface area contributed by atoms with Crippen molar-refractivity contribution in [1.82, 2.24) is 24.2 Å². The summed E-state index contributed by atoms with van der Waals surface area (Å²) < 4.78 is 3.28. The minimum absolute atomic E-state index is 0.0742. The van der Waals surface area contributed by atoms with E-state index < -0.39 is 7.07 Å². The van der Waals surface area contributed by atoms with E-state index in [1.165, 1.54) is 22.8 Å². The third kappa shape index (κ3) is 3.02. The minimum Gasteiger partial charge on any atom is -0.395 e. The summed E-state index contributed by atoms with van der Waals surface area (Å²) in [6.45, 7) is 0.627. The normalized spacial score (nSPS) is 24.0. The van der Waals surface area contributed by atoms with Gasteiger partial charge >= 0.3 is 7.07 Å². The number of thioether (sulfide) groups is 1. The van der Waals surface area contributed by atoms with E-state index in [-0.39, 0.29) is 17.2 Å². The van der Waals surface area contributed by atoms with E-state index in [2.05, 4.69) is 27.2 Å². The molecule has 3 heterocycles. The summed E-state index contributed by atoms with van der Waals surface area (Å²) in [6.07, 6.45) is 2.96. The zero-order valence-corrected chi connectivity index (χ0v) is 14.0. The summed E-state index contributed by atoms with van der Waals surface area (Å²) in [6, 6.07) is 0. The molecule has 3 rings (SSSR count). The number of fused-ring (bicyclic) bond motifs is 1. The lowest BCUT2D eigenvalue weighted by Crippen LogP contribution is -2.40. The molecule has 1 fully saturated rings. The molecule has 2 unspecified atom stereocenters. The van der Waals surface area contributed by atoms with E-state index in [1.54, 1.807) is 10.9 Å². The maximum atomic E-state index is 9.82. The lowest BCUT2D eigenvalue weighted by atomic mass is 10.4. The first-order valence-electron chi connectivity index (χ1n) is 6.42. The number of anilines is 1. The van der Waals surface area contributed by atoms with Gasteiger partial charge in [-0.3, -0.25) is 0 Å². The monoisotopic (exact) mass is 363 g/mol. The molecule has 9 nitrogen and oxygen atoms in total. The fraction of sp³-hybridized carbons (Fsp3) is 0.500. The SMILES string of the molecule is Nc1ncnc2c1ncn2C1CN([P+](O)(O)S)CC(CO)S1. The molecule has 120 valence electrons. The Labute approximate surface area is 136 Å². The largest absolute Gasteiger partial charge is 0.407 e. The summed E-state index contributed by atoms with van der Waals surface area (Å²) in [5.41, 5.74) is 6.85. The van der Waals surface area contributed by atoms with Crippen LogP contribution in [0.4, 0.5) is 5.82 Å². The van der Waals surface area contributed by atoms with Gasteiger partial charge in [0.25, 0.3) is 0 Å². The molecule has 0 amide bonds. The molecular weight excluding hydrogens is 347 g/mol. The van der Waals surface area contributed by atoms with Gasteiger partial charge in [-0.05, 0) is 0 Å². The number of aromatic nitrogens is 4. The number of aliphatic hydroxyl groups excluding tert-OH is 1. The molecule has 1 aliphatic heterocycles. The molecule has 2 aromatic heterocycles. The van der Waals surface area contributed by atoms with E-state index in [4.69, 9.17) is 5.73 Å². The third-order valence-corrected chi connectivity index (χ3v) is 6.63. The average molecular weight is 363 g/mol. The number of rotatable bonds is 3. The maximum absolute atomic E-state index is 9.82. The lowest BCUT2D eigenvalue weighted by molar-refractivity contribution is 0.251. The van der Waals surface area contributed by atoms with E-state index >= 15 is 0 Å². The van der Waals surface area contributed by atoms with Crippen LogP contribution < -0.4 is 5.73 Å². The highest BCUT2D eigenvalue weighted by Gasteiger charge is 2.45. The van der Waals surface area contributed by atoms with Crippen molar-refractivity contribution in [2.45, 2.75) is 10.6 Å². The fourth-order valence-electron chi connectivity index (χ4n) is 2.35. The van der Waals surface area contributed by atoms with Crippen LogP contribution in [0, 0.1) is 0 Å². The standard InChI is InChI=1S/C10H16N6O3PS2/c11-9-8-10(13-4-12-9)16(5-14-8)7-2-15(20(18,19)21)1-6(3-17)22-7/h4-7,17-19,21H,1-3H2,(H2,11,12,13)/q+1. The number of nitrogens with zero attached hydrogens (tertiary/aromatic N) is 5. The van der Waals surface area contributed by atoms with Crippen LogP contribution in [0.25, 0.3) is 11.2 Å². The van der Waals surface area contributed by atoms with Gasteiger partial charge in [-0.25, -0.2) is 15.0 Å². The van der Waals surface area contributed by atoms with Gasteiger partial charge in [0.2, 0.25) is 0 Å². The summed E-state index contributed by atoms with van der Waals surface area (Å²) in [4.78, 5) is 32.0. The van der Waals surface area contributed by atoms with Crippen molar-refractivity contribution in [2.24, 2.45) is 0 Å². The van der Waals surface area contributed by atoms with E-state index in [0.29, 0.717) is 30.1 Å². The lowest BCUT2D eigenvalue weighted by Gasteiger charge is -2.35. The Hall–Kier alpha value is -0.680. The zero-order valence-electron chi connectivity index (χ0n) is 11.4. The number of hydrogen-bond donors (Lipinski definition) is 5. The summed E-state index contributed by atoms with van der Waals surface area (Å²) in [5, 5.41) is 9.09. The molecule has 2 atom stereocenters. The van der Waals surface area contributed by atoms with Crippen LogP contribution in [0.2, 0.25) is 0 Å². The Kier molecular flexibility index (Phi) is 4.47. The van der Waals surface area contributed by atoms with Crippen molar-refractivity contribution in [2.75, 3.05) is 25.4 Å². The van der Waals surface area contributed by atoms with Gasteiger partial charge in [0.15, 0.2) is 11.5 Å². The van der Waals surface area contributed by atoms with Gasteiger partial charge in [0, 0.05) is 5.25 Å². The molecule has 5 N–H and O–H groups in total. The second-order valence-corrected chi connectivity index (χ2v) is 9.62. The van der Waals surface area contributed by atoms with Crippen molar-refractivity contribution < 1.29 is 14.9 Å². The van der Waals surface area contributed by atoms with Crippen molar-refractivity contribution in [3.05, 3.63) is 12.7 Å². The van der Waals surface area contributed by atoms with Gasteiger partial charge < -0.3 is 15.4 Å². The van der Waals surface area contributed by atoms with Crippen molar-refractivity contribution in [3.8, 4) is 0 Å². The van der Waals surface area contributed by atoms with Gasteiger partial charge in [-0.1, -0.05) is 0 Å². The molecule has 1 aliphatic rings. The molecule has 22 heavy (non-hydrogen) atoms. The molecule has 0 aromatic carbocycles. The molecule has 0 saturated carbocycles. The summed E-state index contributed by atoms with van der Waals surface area (Å²) in [5.74, 6) is 0.292. The van der Waals surface area contributed by atoms with Gasteiger partial charge in [0.1, 0.15) is 11.8 Å². The first-order chi connectivity index (χ1) is 10.4. The molecule has 0 radical (unpaired) electrons. The zero-order chi connectivity index (χ0) is 15.9. The Balaban J connectivity index is 1.96. The van der Waals surface area contributed by atoms with E-state index in [1.807, 2.05) is 0 Å². The number of hydrogen-bond acceptors (Lipinski definition) is 10. The Morgan fingerprint density at radius 3 is 2.82 bits per heavy atom. The Morgan fingerprint density at radius 1 is 1.36 bits per heavy atom. The highest BCUT2D eigenvalue weighted by atomic mass is 32.7. The fourth-order valence-corrected chi connectivity index (χ4v) is 5.15. The van der Waals surface area contributed by atoms with E-state index in [9.17, 15) is 14.9 Å². The van der Waals surface area contributed by atoms with Crippen molar-refractivity contribution >= 4 is 48.1 Å². The summed E-state index contributed by atoms with van der Waals surface area (Å²) >= 11 is 5.41. The minimum atomic E-state index is -3.44.